The van der Waals surface area contributed by atoms with Gasteiger partial charge in [0.2, 0.25) is 5.91 Å². The summed E-state index contributed by atoms with van der Waals surface area (Å²) in [5.41, 5.74) is 3.74. The van der Waals surface area contributed by atoms with E-state index in [-0.39, 0.29) is 12.0 Å². The highest BCUT2D eigenvalue weighted by atomic mass is 32.2. The molecule has 0 saturated carbocycles. The molecule has 0 radical (unpaired) electrons. The van der Waals surface area contributed by atoms with E-state index < -0.39 is 0 Å². The Morgan fingerprint density at radius 2 is 2.42 bits per heavy atom. The first kappa shape index (κ1) is 17.0. The Morgan fingerprint density at radius 1 is 1.54 bits per heavy atom. The molecule has 24 heavy (non-hydrogen) atoms. The van der Waals surface area contributed by atoms with Gasteiger partial charge in [-0.25, -0.2) is 0 Å². The number of ether oxygens (including phenoxy) is 2. The van der Waals surface area contributed by atoms with Crippen LogP contribution in [-0.2, 0) is 17.8 Å². The third-order valence-corrected chi connectivity index (χ3v) is 5.38. The number of rotatable bonds is 7. The van der Waals surface area contributed by atoms with Crippen LogP contribution < -0.4 is 14.8 Å². The molecule has 1 aromatic heterocycles. The van der Waals surface area contributed by atoms with Crippen LogP contribution >= 0.6 is 23.1 Å². The Hall–Kier alpha value is -1.80. The molecule has 0 aliphatic carbocycles. The second-order valence-electron chi connectivity index (χ2n) is 5.40. The molecule has 1 aromatic carbocycles. The van der Waals surface area contributed by atoms with Crippen LogP contribution in [0.15, 0.2) is 22.0 Å². The van der Waals surface area contributed by atoms with Gasteiger partial charge in [0.1, 0.15) is 23.1 Å². The molecular formula is C16H19N3O3S2. The van der Waals surface area contributed by atoms with Crippen LogP contribution in [-0.4, -0.2) is 34.6 Å². The van der Waals surface area contributed by atoms with E-state index in [9.17, 15) is 4.79 Å². The van der Waals surface area contributed by atoms with Crippen molar-refractivity contribution < 1.29 is 14.3 Å². The molecular weight excluding hydrogens is 346 g/mol. The molecule has 0 saturated heterocycles. The van der Waals surface area contributed by atoms with E-state index in [1.165, 1.54) is 23.1 Å². The van der Waals surface area contributed by atoms with Gasteiger partial charge in [0.05, 0.1) is 12.4 Å². The van der Waals surface area contributed by atoms with Gasteiger partial charge in [-0.2, -0.15) is 0 Å². The van der Waals surface area contributed by atoms with Crippen LogP contribution in [0, 0.1) is 0 Å². The van der Waals surface area contributed by atoms with Crippen LogP contribution in [0.4, 0.5) is 0 Å². The van der Waals surface area contributed by atoms with Crippen molar-refractivity contribution in [2.75, 3.05) is 12.4 Å². The minimum absolute atomic E-state index is 0.0487. The highest BCUT2D eigenvalue weighted by molar-refractivity contribution is 8.01. The SMILES string of the molecule is CCOc1cc2c(cc1CNC(=O)CSc1nncs1)O[C@@H](C)C2. The van der Waals surface area contributed by atoms with Gasteiger partial charge in [-0.15, -0.1) is 10.2 Å². The lowest BCUT2D eigenvalue weighted by Crippen LogP contribution is -2.24. The molecule has 0 fully saturated rings. The Kier molecular flexibility index (Phi) is 5.57. The second kappa shape index (κ2) is 7.85. The minimum atomic E-state index is -0.0487. The number of thioether (sulfide) groups is 1. The summed E-state index contributed by atoms with van der Waals surface area (Å²) >= 11 is 2.81. The van der Waals surface area contributed by atoms with Crippen molar-refractivity contribution in [3.05, 3.63) is 28.8 Å². The lowest BCUT2D eigenvalue weighted by Gasteiger charge is -2.13. The van der Waals surface area contributed by atoms with Crippen molar-refractivity contribution in [1.82, 2.24) is 15.5 Å². The summed E-state index contributed by atoms with van der Waals surface area (Å²) in [7, 11) is 0. The van der Waals surface area contributed by atoms with Gasteiger partial charge in [0.25, 0.3) is 0 Å². The first-order valence-electron chi connectivity index (χ1n) is 7.76. The van der Waals surface area contributed by atoms with Crippen LogP contribution in [0.5, 0.6) is 11.5 Å². The summed E-state index contributed by atoms with van der Waals surface area (Å²) < 4.78 is 12.3. The van der Waals surface area contributed by atoms with E-state index in [1.54, 1.807) is 5.51 Å². The average Bonchev–Trinajstić information content (AvgIpc) is 3.19. The smallest absolute Gasteiger partial charge is 0.230 e. The summed E-state index contributed by atoms with van der Waals surface area (Å²) in [6.45, 7) is 5.00. The highest BCUT2D eigenvalue weighted by Gasteiger charge is 2.22. The van der Waals surface area contributed by atoms with Crippen LogP contribution in [0.1, 0.15) is 25.0 Å². The first-order valence-corrected chi connectivity index (χ1v) is 9.63. The molecule has 1 aliphatic rings. The van der Waals surface area contributed by atoms with E-state index >= 15 is 0 Å². The monoisotopic (exact) mass is 365 g/mol. The fourth-order valence-electron chi connectivity index (χ4n) is 2.51. The van der Waals surface area contributed by atoms with Crippen molar-refractivity contribution in [3.63, 3.8) is 0 Å². The third-order valence-electron chi connectivity index (χ3n) is 3.52. The first-order chi connectivity index (χ1) is 11.7. The standard InChI is InChI=1S/C16H19N3O3S2/c1-3-21-13-5-11-4-10(2)22-14(11)6-12(13)7-17-15(20)8-23-16-19-18-9-24-16/h5-6,9-10H,3-4,7-8H2,1-2H3,(H,17,20)/t10-/m0/s1. The molecule has 1 atom stereocenters. The predicted octanol–water partition coefficient (Wildman–Crippen LogP) is 2.67. The maximum Gasteiger partial charge on any atom is 0.230 e. The maximum atomic E-state index is 12.0. The van der Waals surface area contributed by atoms with E-state index in [1.807, 2.05) is 26.0 Å². The molecule has 8 heteroatoms. The number of nitrogens with one attached hydrogen (secondary N) is 1. The number of benzene rings is 1. The quantitative estimate of drug-likeness (QED) is 0.761. The summed E-state index contributed by atoms with van der Waals surface area (Å²) in [6.07, 6.45) is 1.07. The van der Waals surface area contributed by atoms with Crippen molar-refractivity contribution in [1.29, 1.82) is 0 Å². The summed E-state index contributed by atoms with van der Waals surface area (Å²) in [5, 5.41) is 10.6. The van der Waals surface area contributed by atoms with E-state index in [4.69, 9.17) is 9.47 Å². The highest BCUT2D eigenvalue weighted by Crippen LogP contribution is 2.35. The molecule has 0 spiro atoms. The molecule has 1 amide bonds. The van der Waals surface area contributed by atoms with E-state index in [0.717, 1.165) is 33.4 Å². The van der Waals surface area contributed by atoms with Gasteiger partial charge in [0, 0.05) is 24.1 Å². The maximum absolute atomic E-state index is 12.0. The van der Waals surface area contributed by atoms with Crippen molar-refractivity contribution in [3.8, 4) is 11.5 Å². The van der Waals surface area contributed by atoms with Crippen LogP contribution in [0.3, 0.4) is 0 Å². The number of amides is 1. The van der Waals surface area contributed by atoms with Crippen molar-refractivity contribution in [2.45, 2.75) is 37.3 Å². The number of nitrogens with zero attached hydrogens (tertiary/aromatic N) is 2. The van der Waals surface area contributed by atoms with E-state index in [0.29, 0.717) is 18.9 Å². The molecule has 0 bridgehead atoms. The normalized spacial score (nSPS) is 15.7. The van der Waals surface area contributed by atoms with Crippen LogP contribution in [0.2, 0.25) is 0 Å². The van der Waals surface area contributed by atoms with Gasteiger partial charge in [-0.1, -0.05) is 23.1 Å². The minimum Gasteiger partial charge on any atom is -0.494 e. The molecule has 0 unspecified atom stereocenters. The van der Waals surface area contributed by atoms with E-state index in [2.05, 4.69) is 15.5 Å². The second-order valence-corrected chi connectivity index (χ2v) is 7.46. The Balaban J connectivity index is 1.61. The lowest BCUT2D eigenvalue weighted by atomic mass is 10.1. The summed E-state index contributed by atoms with van der Waals surface area (Å²) in [6, 6.07) is 4.00. The van der Waals surface area contributed by atoms with Gasteiger partial charge in [-0.3, -0.25) is 4.79 Å². The molecule has 6 nitrogen and oxygen atoms in total. The van der Waals surface area contributed by atoms with Crippen LogP contribution in [0.25, 0.3) is 0 Å². The molecule has 1 N–H and O–H groups in total. The number of hydrogen-bond donors (Lipinski definition) is 1. The fraction of sp³-hybridized carbons (Fsp3) is 0.438. The zero-order valence-electron chi connectivity index (χ0n) is 13.6. The number of hydrogen-bond acceptors (Lipinski definition) is 7. The number of fused-ring (bicyclic) bond motifs is 1. The fourth-order valence-corrected chi connectivity index (χ4v) is 3.83. The Bertz CT molecular complexity index is 707. The number of aromatic nitrogens is 2. The van der Waals surface area contributed by atoms with Gasteiger partial charge in [0.15, 0.2) is 4.34 Å². The van der Waals surface area contributed by atoms with Gasteiger partial charge >= 0.3 is 0 Å². The number of carbonyl (C=O) groups is 1. The molecule has 2 aromatic rings. The molecule has 3 rings (SSSR count). The largest absolute Gasteiger partial charge is 0.494 e. The van der Waals surface area contributed by atoms with Gasteiger partial charge in [-0.05, 0) is 26.0 Å². The molecule has 2 heterocycles. The average molecular weight is 365 g/mol. The van der Waals surface area contributed by atoms with Gasteiger partial charge < -0.3 is 14.8 Å². The topological polar surface area (TPSA) is 73.3 Å². The number of carbonyl (C=O) groups excluding carboxylic acids is 1. The van der Waals surface area contributed by atoms with Crippen molar-refractivity contribution in [2.24, 2.45) is 0 Å². The Morgan fingerprint density at radius 3 is 3.17 bits per heavy atom. The lowest BCUT2D eigenvalue weighted by molar-refractivity contribution is -0.118. The summed E-state index contributed by atoms with van der Waals surface area (Å²) in [4.78, 5) is 12.0. The predicted molar refractivity (Wildman–Crippen MR) is 93.9 cm³/mol. The third kappa shape index (κ3) is 4.18. The zero-order valence-corrected chi connectivity index (χ0v) is 15.2. The van der Waals surface area contributed by atoms with Crippen molar-refractivity contribution >= 4 is 29.0 Å². The Labute approximate surface area is 149 Å². The summed E-state index contributed by atoms with van der Waals surface area (Å²) in [5.74, 6) is 1.97. The molecule has 128 valence electrons. The molecule has 1 aliphatic heterocycles. The zero-order chi connectivity index (χ0) is 16.9.